The zero-order valence-corrected chi connectivity index (χ0v) is 19.8. The summed E-state index contributed by atoms with van der Waals surface area (Å²) in [7, 11) is -1.94. The number of rotatable bonds is 9. The molecule has 3 rings (SSSR count). The van der Waals surface area contributed by atoms with Gasteiger partial charge in [-0.25, -0.2) is 8.42 Å². The van der Waals surface area contributed by atoms with Crippen LogP contribution in [0.25, 0.3) is 0 Å². The second-order valence-corrected chi connectivity index (χ2v) is 10.0. The SMILES string of the molecule is COc1ccc(CCNC(=O)[C@H](C)NC(=O)C2CCN(S(=O)(=O)c3ccccc3)CC2)cc1. The lowest BCUT2D eigenvalue weighted by Gasteiger charge is -2.31. The number of benzene rings is 2. The van der Waals surface area contributed by atoms with E-state index in [0.717, 1.165) is 11.3 Å². The average molecular weight is 474 g/mol. The number of piperidine rings is 1. The van der Waals surface area contributed by atoms with E-state index in [0.29, 0.717) is 25.8 Å². The van der Waals surface area contributed by atoms with Gasteiger partial charge in [0.1, 0.15) is 11.8 Å². The largest absolute Gasteiger partial charge is 0.497 e. The Morgan fingerprint density at radius 2 is 1.70 bits per heavy atom. The van der Waals surface area contributed by atoms with E-state index in [1.54, 1.807) is 44.4 Å². The molecule has 0 radical (unpaired) electrons. The van der Waals surface area contributed by atoms with Gasteiger partial charge >= 0.3 is 0 Å². The summed E-state index contributed by atoms with van der Waals surface area (Å²) in [5.41, 5.74) is 1.07. The van der Waals surface area contributed by atoms with Crippen molar-refractivity contribution in [3.8, 4) is 5.75 Å². The Morgan fingerprint density at radius 1 is 1.06 bits per heavy atom. The van der Waals surface area contributed by atoms with Gasteiger partial charge in [0.2, 0.25) is 21.8 Å². The van der Waals surface area contributed by atoms with Crippen LogP contribution in [0.3, 0.4) is 0 Å². The minimum Gasteiger partial charge on any atom is -0.497 e. The Hall–Kier alpha value is -2.91. The van der Waals surface area contributed by atoms with Gasteiger partial charge in [-0.15, -0.1) is 0 Å². The Bertz CT molecular complexity index is 1030. The Kier molecular flexibility index (Phi) is 8.46. The van der Waals surface area contributed by atoms with E-state index < -0.39 is 16.1 Å². The fraction of sp³-hybridized carbons (Fsp3) is 0.417. The van der Waals surface area contributed by atoms with Crippen LogP contribution in [0.15, 0.2) is 59.5 Å². The van der Waals surface area contributed by atoms with E-state index in [4.69, 9.17) is 4.74 Å². The third-order valence-electron chi connectivity index (χ3n) is 5.83. The molecule has 8 nitrogen and oxygen atoms in total. The van der Waals surface area contributed by atoms with Gasteiger partial charge < -0.3 is 15.4 Å². The molecule has 1 fully saturated rings. The van der Waals surface area contributed by atoms with Gasteiger partial charge in [-0.05, 0) is 56.0 Å². The van der Waals surface area contributed by atoms with Crippen LogP contribution in [0.4, 0.5) is 0 Å². The number of hydrogen-bond acceptors (Lipinski definition) is 5. The summed E-state index contributed by atoms with van der Waals surface area (Å²) in [4.78, 5) is 25.2. The van der Waals surface area contributed by atoms with Crippen LogP contribution in [-0.4, -0.2) is 57.3 Å². The van der Waals surface area contributed by atoms with Crippen LogP contribution >= 0.6 is 0 Å². The van der Waals surface area contributed by atoms with E-state index in [1.165, 1.54) is 4.31 Å². The monoisotopic (exact) mass is 473 g/mol. The van der Waals surface area contributed by atoms with Crippen molar-refractivity contribution in [3.63, 3.8) is 0 Å². The zero-order valence-electron chi connectivity index (χ0n) is 19.0. The topological polar surface area (TPSA) is 105 Å². The molecule has 0 bridgehead atoms. The summed E-state index contributed by atoms with van der Waals surface area (Å²) in [5, 5.41) is 5.60. The lowest BCUT2D eigenvalue weighted by Crippen LogP contribution is -2.49. The highest BCUT2D eigenvalue weighted by Crippen LogP contribution is 2.24. The maximum atomic E-state index is 12.7. The molecule has 0 saturated carbocycles. The summed E-state index contributed by atoms with van der Waals surface area (Å²) >= 11 is 0. The van der Waals surface area contributed by atoms with Crippen molar-refractivity contribution in [2.45, 2.75) is 37.1 Å². The standard InChI is InChI=1S/C24H31N3O5S/c1-18(23(28)25-15-12-19-8-10-21(32-2)11-9-19)26-24(29)20-13-16-27(17-14-20)33(30,31)22-6-4-3-5-7-22/h3-11,18,20H,12-17H2,1-2H3,(H,25,28)(H,26,29)/t18-/m0/s1. The van der Waals surface area contributed by atoms with Crippen LogP contribution in [-0.2, 0) is 26.0 Å². The summed E-state index contributed by atoms with van der Waals surface area (Å²) < 4.78 is 32.0. The molecular weight excluding hydrogens is 442 g/mol. The molecule has 0 aliphatic carbocycles. The maximum Gasteiger partial charge on any atom is 0.243 e. The minimum atomic E-state index is -3.55. The number of hydrogen-bond donors (Lipinski definition) is 2. The van der Waals surface area contributed by atoms with Gasteiger partial charge in [0.05, 0.1) is 12.0 Å². The zero-order chi connectivity index (χ0) is 23.8. The highest BCUT2D eigenvalue weighted by Gasteiger charge is 2.32. The van der Waals surface area contributed by atoms with Crippen molar-refractivity contribution >= 4 is 21.8 Å². The van der Waals surface area contributed by atoms with Crippen molar-refractivity contribution in [2.75, 3.05) is 26.7 Å². The third-order valence-corrected chi connectivity index (χ3v) is 7.74. The average Bonchev–Trinajstić information content (AvgIpc) is 2.85. The molecule has 33 heavy (non-hydrogen) atoms. The van der Waals surface area contributed by atoms with E-state index in [-0.39, 0.29) is 35.7 Å². The fourth-order valence-corrected chi connectivity index (χ4v) is 5.26. The molecule has 178 valence electrons. The first-order chi connectivity index (χ1) is 15.8. The summed E-state index contributed by atoms with van der Waals surface area (Å²) in [5.74, 6) is -0.00472. The van der Waals surface area contributed by atoms with Crippen LogP contribution in [0.5, 0.6) is 5.75 Å². The fourth-order valence-electron chi connectivity index (χ4n) is 3.77. The predicted molar refractivity (Wildman–Crippen MR) is 125 cm³/mol. The molecule has 2 aromatic rings. The van der Waals surface area contributed by atoms with Crippen LogP contribution in [0.2, 0.25) is 0 Å². The quantitative estimate of drug-likeness (QED) is 0.579. The summed E-state index contributed by atoms with van der Waals surface area (Å²) in [6.45, 7) is 2.66. The third kappa shape index (κ3) is 6.55. The molecule has 1 heterocycles. The molecule has 0 unspecified atom stereocenters. The van der Waals surface area contributed by atoms with Crippen molar-refractivity contribution in [1.29, 1.82) is 0 Å². The lowest BCUT2D eigenvalue weighted by atomic mass is 9.97. The highest BCUT2D eigenvalue weighted by atomic mass is 32.2. The van der Waals surface area contributed by atoms with Crippen molar-refractivity contribution in [3.05, 3.63) is 60.2 Å². The van der Waals surface area contributed by atoms with E-state index in [9.17, 15) is 18.0 Å². The Morgan fingerprint density at radius 3 is 2.30 bits per heavy atom. The molecule has 2 amide bonds. The second kappa shape index (κ2) is 11.3. The minimum absolute atomic E-state index is 0.218. The number of amides is 2. The van der Waals surface area contributed by atoms with Gasteiger partial charge in [0.15, 0.2) is 0 Å². The molecule has 0 aromatic heterocycles. The highest BCUT2D eigenvalue weighted by molar-refractivity contribution is 7.89. The van der Waals surface area contributed by atoms with Gasteiger partial charge in [0, 0.05) is 25.6 Å². The number of nitrogens with zero attached hydrogens (tertiary/aromatic N) is 1. The molecular formula is C24H31N3O5S. The van der Waals surface area contributed by atoms with E-state index in [1.807, 2.05) is 24.3 Å². The molecule has 1 aliphatic rings. The molecule has 1 aliphatic heterocycles. The predicted octanol–water partition coefficient (Wildman–Crippen LogP) is 1.96. The van der Waals surface area contributed by atoms with Crippen molar-refractivity contribution < 1.29 is 22.7 Å². The van der Waals surface area contributed by atoms with E-state index in [2.05, 4.69) is 10.6 Å². The van der Waals surface area contributed by atoms with Gasteiger partial charge in [-0.3, -0.25) is 9.59 Å². The van der Waals surface area contributed by atoms with Gasteiger partial charge in [-0.2, -0.15) is 4.31 Å². The molecule has 2 N–H and O–H groups in total. The number of methoxy groups -OCH3 is 1. The lowest BCUT2D eigenvalue weighted by molar-refractivity contribution is -0.131. The smallest absolute Gasteiger partial charge is 0.243 e. The van der Waals surface area contributed by atoms with Crippen LogP contribution in [0.1, 0.15) is 25.3 Å². The van der Waals surface area contributed by atoms with Crippen LogP contribution in [0, 0.1) is 5.92 Å². The van der Waals surface area contributed by atoms with Crippen LogP contribution < -0.4 is 15.4 Å². The number of carbonyl (C=O) groups excluding carboxylic acids is 2. The first-order valence-corrected chi connectivity index (χ1v) is 12.5. The molecule has 1 saturated heterocycles. The first kappa shape index (κ1) is 24.7. The van der Waals surface area contributed by atoms with Gasteiger partial charge in [-0.1, -0.05) is 30.3 Å². The number of ether oxygens (including phenoxy) is 1. The number of nitrogens with one attached hydrogen (secondary N) is 2. The van der Waals surface area contributed by atoms with Crippen molar-refractivity contribution in [2.24, 2.45) is 5.92 Å². The number of carbonyl (C=O) groups is 2. The molecule has 9 heteroatoms. The first-order valence-electron chi connectivity index (χ1n) is 11.1. The Labute approximate surface area is 195 Å². The van der Waals surface area contributed by atoms with E-state index >= 15 is 0 Å². The number of sulfonamides is 1. The maximum absolute atomic E-state index is 12.7. The Balaban J connectivity index is 1.42. The molecule has 1 atom stereocenters. The van der Waals surface area contributed by atoms with Crippen molar-refractivity contribution in [1.82, 2.24) is 14.9 Å². The van der Waals surface area contributed by atoms with Gasteiger partial charge in [0.25, 0.3) is 0 Å². The molecule has 2 aromatic carbocycles. The summed E-state index contributed by atoms with van der Waals surface area (Å²) in [6, 6.07) is 15.3. The normalized spacial score (nSPS) is 16.1. The molecule has 0 spiro atoms. The summed E-state index contributed by atoms with van der Waals surface area (Å²) in [6.07, 6.45) is 1.51. The second-order valence-electron chi connectivity index (χ2n) is 8.11.